The number of carbonyl (C=O) groups is 1. The van der Waals surface area contributed by atoms with Crippen molar-refractivity contribution in [3.8, 4) is 0 Å². The van der Waals surface area contributed by atoms with Gasteiger partial charge in [0, 0.05) is 0 Å². The summed E-state index contributed by atoms with van der Waals surface area (Å²) in [7, 11) is 0. The Kier molecular flexibility index (Phi) is 2.64. The first-order valence-electron chi connectivity index (χ1n) is 4.67. The molecule has 4 heteroatoms. The van der Waals surface area contributed by atoms with E-state index < -0.39 is 0 Å². The van der Waals surface area contributed by atoms with Gasteiger partial charge in [0.05, 0.1) is 14.8 Å². The van der Waals surface area contributed by atoms with Crippen molar-refractivity contribution in [2.24, 2.45) is 0 Å². The molecule has 1 unspecified atom stereocenters. The molecule has 1 aromatic heterocycles. The van der Waals surface area contributed by atoms with Gasteiger partial charge in [-0.05, 0) is 38.4 Å². The topological polar surface area (TPSA) is 29.1 Å². The zero-order chi connectivity index (χ0) is 10.2. The molecule has 0 saturated carbocycles. The smallest absolute Gasteiger partial charge is 0.192 e. The van der Waals surface area contributed by atoms with Gasteiger partial charge in [0.15, 0.2) is 5.78 Å². The van der Waals surface area contributed by atoms with Gasteiger partial charge in [-0.25, -0.2) is 0 Å². The number of carbonyl (C=O) groups excluding carboxylic acids is 1. The van der Waals surface area contributed by atoms with E-state index in [9.17, 15) is 4.79 Å². The normalized spacial score (nSPS) is 26.7. The van der Waals surface area contributed by atoms with Gasteiger partial charge in [-0.15, -0.1) is 11.3 Å². The maximum absolute atomic E-state index is 12.1. The highest BCUT2D eigenvalue weighted by atomic mass is 35.5. The molecular formula is C10H12ClNOS. The van der Waals surface area contributed by atoms with E-state index in [1.807, 2.05) is 6.92 Å². The van der Waals surface area contributed by atoms with Crippen molar-refractivity contribution in [3.05, 3.63) is 21.3 Å². The molecule has 14 heavy (non-hydrogen) atoms. The summed E-state index contributed by atoms with van der Waals surface area (Å²) in [6, 6.07) is 3.58. The number of rotatable bonds is 2. The molecule has 1 aromatic rings. The van der Waals surface area contributed by atoms with Crippen LogP contribution in [0.2, 0.25) is 4.34 Å². The van der Waals surface area contributed by atoms with E-state index in [-0.39, 0.29) is 11.3 Å². The molecule has 1 aliphatic heterocycles. The number of hydrogen-bond donors (Lipinski definition) is 1. The maximum atomic E-state index is 12.1. The lowest BCUT2D eigenvalue weighted by Gasteiger charge is -2.21. The van der Waals surface area contributed by atoms with Gasteiger partial charge in [-0.1, -0.05) is 11.6 Å². The summed E-state index contributed by atoms with van der Waals surface area (Å²) >= 11 is 7.16. The molecule has 2 nitrogen and oxygen atoms in total. The fourth-order valence-corrected chi connectivity index (χ4v) is 2.91. The predicted molar refractivity (Wildman–Crippen MR) is 59.3 cm³/mol. The lowest BCUT2D eigenvalue weighted by molar-refractivity contribution is 0.0888. The van der Waals surface area contributed by atoms with Gasteiger partial charge in [0.25, 0.3) is 0 Å². The summed E-state index contributed by atoms with van der Waals surface area (Å²) in [4.78, 5) is 12.8. The lowest BCUT2D eigenvalue weighted by Crippen LogP contribution is -2.44. The molecule has 1 atom stereocenters. The third kappa shape index (κ3) is 1.72. The molecule has 0 spiro atoms. The summed E-state index contributed by atoms with van der Waals surface area (Å²) in [6.45, 7) is 2.90. The summed E-state index contributed by atoms with van der Waals surface area (Å²) in [5, 5.41) is 3.25. The van der Waals surface area contributed by atoms with Crippen LogP contribution in [-0.2, 0) is 0 Å². The Hall–Kier alpha value is -0.380. The highest BCUT2D eigenvalue weighted by Crippen LogP contribution is 2.29. The van der Waals surface area contributed by atoms with Crippen LogP contribution >= 0.6 is 22.9 Å². The minimum Gasteiger partial charge on any atom is -0.305 e. The van der Waals surface area contributed by atoms with Crippen LogP contribution in [0, 0.1) is 0 Å². The molecular weight excluding hydrogens is 218 g/mol. The Labute approximate surface area is 92.3 Å². The van der Waals surface area contributed by atoms with Crippen LogP contribution in [0.25, 0.3) is 0 Å². The Bertz CT molecular complexity index is 355. The Balaban J connectivity index is 2.23. The van der Waals surface area contributed by atoms with E-state index in [4.69, 9.17) is 11.6 Å². The molecule has 0 aliphatic carbocycles. The summed E-state index contributed by atoms with van der Waals surface area (Å²) in [5.74, 6) is 0.173. The molecule has 2 rings (SSSR count). The fourth-order valence-electron chi connectivity index (χ4n) is 1.80. The van der Waals surface area contributed by atoms with E-state index in [2.05, 4.69) is 5.32 Å². The van der Waals surface area contributed by atoms with Crippen molar-refractivity contribution in [2.75, 3.05) is 6.54 Å². The second kappa shape index (κ2) is 3.65. The number of ketones is 1. The highest BCUT2D eigenvalue weighted by Gasteiger charge is 2.36. The molecule has 1 aliphatic rings. The molecule has 1 saturated heterocycles. The monoisotopic (exact) mass is 229 g/mol. The van der Waals surface area contributed by atoms with Crippen molar-refractivity contribution >= 4 is 28.7 Å². The third-order valence-electron chi connectivity index (χ3n) is 2.67. The fraction of sp³-hybridized carbons (Fsp3) is 0.500. The van der Waals surface area contributed by atoms with Crippen LogP contribution in [0.15, 0.2) is 12.1 Å². The SMILES string of the molecule is CC1(C(=O)c2ccc(Cl)s2)CCCN1. The number of thiophene rings is 1. The standard InChI is InChI=1S/C10H12ClNOS/c1-10(5-2-6-12-10)9(13)7-3-4-8(11)14-7/h3-4,12H,2,5-6H2,1H3. The molecule has 0 bridgehead atoms. The summed E-state index contributed by atoms with van der Waals surface area (Å²) < 4.78 is 0.676. The second-order valence-electron chi connectivity index (χ2n) is 3.80. The second-order valence-corrected chi connectivity index (χ2v) is 5.51. The van der Waals surface area contributed by atoms with Gasteiger partial charge in [-0.2, -0.15) is 0 Å². The van der Waals surface area contributed by atoms with Gasteiger partial charge in [0.1, 0.15) is 0 Å². The van der Waals surface area contributed by atoms with Gasteiger partial charge < -0.3 is 5.32 Å². The van der Waals surface area contributed by atoms with Crippen LogP contribution in [0.3, 0.4) is 0 Å². The lowest BCUT2D eigenvalue weighted by atomic mass is 9.94. The average Bonchev–Trinajstić information content (AvgIpc) is 2.74. The van der Waals surface area contributed by atoms with Gasteiger partial charge in [0.2, 0.25) is 0 Å². The van der Waals surface area contributed by atoms with Crippen LogP contribution in [0.5, 0.6) is 0 Å². The largest absolute Gasteiger partial charge is 0.305 e. The number of Topliss-reactive ketones (excluding diaryl/α,β-unsaturated/α-hetero) is 1. The Morgan fingerprint density at radius 2 is 2.43 bits per heavy atom. The van der Waals surface area contributed by atoms with Crippen molar-refractivity contribution in [3.63, 3.8) is 0 Å². The van der Waals surface area contributed by atoms with E-state index in [1.165, 1.54) is 11.3 Å². The summed E-state index contributed by atoms with van der Waals surface area (Å²) in [6.07, 6.45) is 1.99. The summed E-state index contributed by atoms with van der Waals surface area (Å²) in [5.41, 5.74) is -0.367. The van der Waals surface area contributed by atoms with E-state index in [1.54, 1.807) is 12.1 Å². The molecule has 76 valence electrons. The van der Waals surface area contributed by atoms with Gasteiger partial charge in [-0.3, -0.25) is 4.79 Å². The van der Waals surface area contributed by atoms with Crippen LogP contribution < -0.4 is 5.32 Å². The average molecular weight is 230 g/mol. The quantitative estimate of drug-likeness (QED) is 0.791. The maximum Gasteiger partial charge on any atom is 0.192 e. The zero-order valence-electron chi connectivity index (χ0n) is 7.97. The van der Waals surface area contributed by atoms with Crippen molar-refractivity contribution in [2.45, 2.75) is 25.3 Å². The van der Waals surface area contributed by atoms with Crippen LogP contribution in [0.1, 0.15) is 29.4 Å². The first-order chi connectivity index (χ1) is 6.62. The van der Waals surface area contributed by atoms with Crippen molar-refractivity contribution in [1.82, 2.24) is 5.32 Å². The number of hydrogen-bond acceptors (Lipinski definition) is 3. The molecule has 0 radical (unpaired) electrons. The third-order valence-corrected chi connectivity index (χ3v) is 3.90. The first kappa shape index (κ1) is 10.1. The Morgan fingerprint density at radius 1 is 1.64 bits per heavy atom. The van der Waals surface area contributed by atoms with Crippen LogP contribution in [-0.4, -0.2) is 17.9 Å². The molecule has 1 fully saturated rings. The molecule has 1 N–H and O–H groups in total. The van der Waals surface area contributed by atoms with Gasteiger partial charge >= 0.3 is 0 Å². The highest BCUT2D eigenvalue weighted by molar-refractivity contribution is 7.18. The molecule has 0 amide bonds. The number of nitrogens with one attached hydrogen (secondary N) is 1. The van der Waals surface area contributed by atoms with E-state index >= 15 is 0 Å². The minimum atomic E-state index is -0.367. The first-order valence-corrected chi connectivity index (χ1v) is 5.86. The van der Waals surface area contributed by atoms with E-state index in [0.717, 1.165) is 24.3 Å². The van der Waals surface area contributed by atoms with Crippen LogP contribution in [0.4, 0.5) is 0 Å². The molecule has 2 heterocycles. The zero-order valence-corrected chi connectivity index (χ0v) is 9.54. The van der Waals surface area contributed by atoms with Crippen molar-refractivity contribution in [1.29, 1.82) is 0 Å². The van der Waals surface area contributed by atoms with Crippen molar-refractivity contribution < 1.29 is 4.79 Å². The Morgan fingerprint density at radius 3 is 2.93 bits per heavy atom. The molecule has 0 aromatic carbocycles. The van der Waals surface area contributed by atoms with E-state index in [0.29, 0.717) is 4.34 Å². The number of halogens is 1. The predicted octanol–water partition coefficient (Wildman–Crippen LogP) is 2.73. The minimum absolute atomic E-state index is 0.173.